The highest BCUT2D eigenvalue weighted by molar-refractivity contribution is 7.90. The number of fused-ring (bicyclic) bond motifs is 1. The monoisotopic (exact) mass is 256 g/mol. The van der Waals surface area contributed by atoms with Gasteiger partial charge >= 0.3 is 16.2 Å². The summed E-state index contributed by atoms with van der Waals surface area (Å²) in [4.78, 5) is 10.8. The van der Waals surface area contributed by atoms with Gasteiger partial charge in [0.2, 0.25) is 0 Å². The second kappa shape index (κ2) is 3.71. The minimum Gasteiger partial charge on any atom is -0.478 e. The quantitative estimate of drug-likeness (QED) is 0.794. The summed E-state index contributed by atoms with van der Waals surface area (Å²) in [5.74, 6) is -1.02. The number of carboxylic acids is 1. The normalized spacial score (nSPS) is 18.8. The number of aromatic carboxylic acids is 1. The molecular formula is C10H12N2O4S. The topological polar surface area (TPSA) is 77.9 Å². The summed E-state index contributed by atoms with van der Waals surface area (Å²) in [7, 11) is -0.558. The van der Waals surface area contributed by atoms with Gasteiger partial charge in [-0.15, -0.1) is 0 Å². The number of carbonyl (C=O) groups is 1. The number of nitrogens with zero attached hydrogens (tertiary/aromatic N) is 2. The van der Waals surface area contributed by atoms with Crippen molar-refractivity contribution in [1.82, 2.24) is 4.31 Å². The maximum Gasteiger partial charge on any atom is 0.335 e. The van der Waals surface area contributed by atoms with Gasteiger partial charge in [0.25, 0.3) is 0 Å². The van der Waals surface area contributed by atoms with Gasteiger partial charge in [0.15, 0.2) is 0 Å². The zero-order valence-corrected chi connectivity index (χ0v) is 10.2. The molecule has 6 nitrogen and oxygen atoms in total. The molecule has 1 aromatic rings. The molecule has 0 spiro atoms. The summed E-state index contributed by atoms with van der Waals surface area (Å²) in [5.41, 5.74) is 1.36. The van der Waals surface area contributed by atoms with Crippen molar-refractivity contribution in [2.45, 2.75) is 6.54 Å². The standard InChI is InChI=1S/C10H12N2O4S/c1-11-6-8-5-7(10(13)14)3-4-9(8)12(2)17(11,15)16/h3-5H,6H2,1-2H3,(H,13,14). The maximum absolute atomic E-state index is 11.8. The van der Waals surface area contributed by atoms with Crippen molar-refractivity contribution < 1.29 is 18.3 Å². The van der Waals surface area contributed by atoms with Gasteiger partial charge in [-0.25, -0.2) is 4.79 Å². The van der Waals surface area contributed by atoms with E-state index >= 15 is 0 Å². The van der Waals surface area contributed by atoms with Crippen molar-refractivity contribution >= 4 is 21.9 Å². The number of hydrogen-bond acceptors (Lipinski definition) is 3. The Morgan fingerprint density at radius 3 is 2.59 bits per heavy atom. The molecule has 0 saturated carbocycles. The first kappa shape index (κ1) is 11.9. The first-order valence-electron chi connectivity index (χ1n) is 4.90. The molecule has 0 saturated heterocycles. The maximum atomic E-state index is 11.8. The van der Waals surface area contributed by atoms with E-state index < -0.39 is 16.2 Å². The molecule has 2 rings (SSSR count). The first-order chi connectivity index (χ1) is 7.84. The Bertz CT molecular complexity index is 582. The van der Waals surface area contributed by atoms with Gasteiger partial charge in [0.1, 0.15) is 0 Å². The molecule has 0 aromatic heterocycles. The van der Waals surface area contributed by atoms with E-state index in [1.807, 2.05) is 0 Å². The highest BCUT2D eigenvalue weighted by atomic mass is 32.2. The van der Waals surface area contributed by atoms with Crippen molar-refractivity contribution in [3.8, 4) is 0 Å². The Labute approximate surface area is 99.3 Å². The van der Waals surface area contributed by atoms with Crippen LogP contribution in [0.3, 0.4) is 0 Å². The Hall–Kier alpha value is -1.60. The lowest BCUT2D eigenvalue weighted by atomic mass is 10.1. The molecule has 0 atom stereocenters. The van der Waals surface area contributed by atoms with Gasteiger partial charge in [0, 0.05) is 20.6 Å². The van der Waals surface area contributed by atoms with Crippen LogP contribution in [-0.2, 0) is 16.8 Å². The van der Waals surface area contributed by atoms with Gasteiger partial charge in [-0.2, -0.15) is 12.7 Å². The number of hydrogen-bond donors (Lipinski definition) is 1. The summed E-state index contributed by atoms with van der Waals surface area (Å²) in [5, 5.41) is 8.88. The Kier molecular flexibility index (Phi) is 2.59. The molecule has 17 heavy (non-hydrogen) atoms. The van der Waals surface area contributed by atoms with Crippen LogP contribution in [0, 0.1) is 0 Å². The number of carboxylic acid groups (broad SMARTS) is 1. The number of rotatable bonds is 1. The molecule has 1 aromatic carbocycles. The lowest BCUT2D eigenvalue weighted by Crippen LogP contribution is -2.43. The zero-order valence-electron chi connectivity index (χ0n) is 9.41. The average Bonchev–Trinajstić information content (AvgIpc) is 2.26. The molecule has 92 valence electrons. The van der Waals surface area contributed by atoms with Crippen LogP contribution in [0.1, 0.15) is 15.9 Å². The number of benzene rings is 1. The van der Waals surface area contributed by atoms with E-state index in [9.17, 15) is 13.2 Å². The fourth-order valence-corrected chi connectivity index (χ4v) is 2.95. The molecular weight excluding hydrogens is 244 g/mol. The Balaban J connectivity index is 2.57. The van der Waals surface area contributed by atoms with Crippen LogP contribution in [-0.4, -0.2) is 37.9 Å². The van der Waals surface area contributed by atoms with Crippen LogP contribution < -0.4 is 4.31 Å². The largest absolute Gasteiger partial charge is 0.478 e. The molecule has 1 heterocycles. The summed E-state index contributed by atoms with van der Waals surface area (Å²) in [6.07, 6.45) is 0. The average molecular weight is 256 g/mol. The van der Waals surface area contributed by atoms with Crippen molar-refractivity contribution in [1.29, 1.82) is 0 Å². The van der Waals surface area contributed by atoms with E-state index in [1.165, 1.54) is 36.6 Å². The number of anilines is 1. The summed E-state index contributed by atoms with van der Waals surface area (Å²) in [6.45, 7) is 0.184. The minimum atomic E-state index is -3.47. The predicted octanol–water partition coefficient (Wildman–Crippen LogP) is 0.511. The van der Waals surface area contributed by atoms with Crippen LogP contribution in [0.2, 0.25) is 0 Å². The summed E-state index contributed by atoms with van der Waals surface area (Å²) >= 11 is 0. The zero-order chi connectivity index (χ0) is 12.8. The second-order valence-corrected chi connectivity index (χ2v) is 5.95. The molecule has 0 aliphatic carbocycles. The fraction of sp³-hybridized carbons (Fsp3) is 0.300. The lowest BCUT2D eigenvalue weighted by molar-refractivity contribution is 0.0696. The first-order valence-corrected chi connectivity index (χ1v) is 6.30. The smallest absolute Gasteiger partial charge is 0.335 e. The third kappa shape index (κ3) is 1.77. The SMILES string of the molecule is CN1Cc2cc(C(=O)O)ccc2N(C)S1(=O)=O. The van der Waals surface area contributed by atoms with Crippen LogP contribution in [0.5, 0.6) is 0 Å². The highest BCUT2D eigenvalue weighted by Crippen LogP contribution is 2.30. The lowest BCUT2D eigenvalue weighted by Gasteiger charge is -2.33. The highest BCUT2D eigenvalue weighted by Gasteiger charge is 2.31. The Morgan fingerprint density at radius 1 is 1.35 bits per heavy atom. The van der Waals surface area contributed by atoms with E-state index in [1.54, 1.807) is 0 Å². The van der Waals surface area contributed by atoms with Crippen molar-refractivity contribution in [2.24, 2.45) is 0 Å². The van der Waals surface area contributed by atoms with E-state index in [4.69, 9.17) is 5.11 Å². The van der Waals surface area contributed by atoms with Crippen LogP contribution in [0.15, 0.2) is 18.2 Å². The minimum absolute atomic E-state index is 0.157. The van der Waals surface area contributed by atoms with Crippen molar-refractivity contribution in [3.05, 3.63) is 29.3 Å². The van der Waals surface area contributed by atoms with Crippen molar-refractivity contribution in [2.75, 3.05) is 18.4 Å². The molecule has 0 radical (unpaired) electrons. The molecule has 1 N–H and O–H groups in total. The molecule has 0 fully saturated rings. The van der Waals surface area contributed by atoms with Crippen LogP contribution >= 0.6 is 0 Å². The molecule has 0 amide bonds. The summed E-state index contributed by atoms with van der Waals surface area (Å²) in [6, 6.07) is 4.42. The van der Waals surface area contributed by atoms with E-state index in [0.717, 1.165) is 4.31 Å². The van der Waals surface area contributed by atoms with Gasteiger partial charge in [-0.3, -0.25) is 4.31 Å². The predicted molar refractivity (Wildman–Crippen MR) is 62.2 cm³/mol. The van der Waals surface area contributed by atoms with Crippen molar-refractivity contribution in [3.63, 3.8) is 0 Å². The molecule has 1 aliphatic heterocycles. The summed E-state index contributed by atoms with van der Waals surface area (Å²) < 4.78 is 26.0. The van der Waals surface area contributed by atoms with Gasteiger partial charge in [-0.05, 0) is 23.8 Å². The van der Waals surface area contributed by atoms with Crippen LogP contribution in [0.4, 0.5) is 5.69 Å². The molecule has 1 aliphatic rings. The second-order valence-electron chi connectivity index (χ2n) is 3.88. The van der Waals surface area contributed by atoms with Crippen LogP contribution in [0.25, 0.3) is 0 Å². The molecule has 7 heteroatoms. The molecule has 0 bridgehead atoms. The van der Waals surface area contributed by atoms with E-state index in [2.05, 4.69) is 0 Å². The Morgan fingerprint density at radius 2 is 2.00 bits per heavy atom. The third-order valence-electron chi connectivity index (χ3n) is 2.80. The van der Waals surface area contributed by atoms with Gasteiger partial charge in [-0.1, -0.05) is 0 Å². The molecule has 0 unspecified atom stereocenters. The van der Waals surface area contributed by atoms with Gasteiger partial charge in [0.05, 0.1) is 11.3 Å². The fourth-order valence-electron chi connectivity index (χ4n) is 1.81. The third-order valence-corrected chi connectivity index (χ3v) is 4.60. The van der Waals surface area contributed by atoms with E-state index in [-0.39, 0.29) is 12.1 Å². The van der Waals surface area contributed by atoms with E-state index in [0.29, 0.717) is 11.3 Å². The van der Waals surface area contributed by atoms with Gasteiger partial charge < -0.3 is 5.11 Å².